The Morgan fingerprint density at radius 3 is 2.04 bits per heavy atom. The van der Waals surface area contributed by atoms with Crippen LogP contribution in [0.1, 0.15) is 129 Å². The van der Waals surface area contributed by atoms with Crippen molar-refractivity contribution in [2.45, 2.75) is 259 Å². The number of anilines is 2. The van der Waals surface area contributed by atoms with Crippen LogP contribution >= 0.6 is 55.9 Å². The van der Waals surface area contributed by atoms with Gasteiger partial charge in [-0.05, 0) is 137 Å². The van der Waals surface area contributed by atoms with Crippen molar-refractivity contribution in [1.29, 1.82) is 0 Å². The Kier molecular flexibility index (Phi) is 47.0. The van der Waals surface area contributed by atoms with Crippen LogP contribution in [0.15, 0.2) is 115 Å². The highest BCUT2D eigenvalue weighted by atomic mass is 127. The summed E-state index contributed by atoms with van der Waals surface area (Å²) in [6, 6.07) is 16.6. The Morgan fingerprint density at radius 1 is 0.748 bits per heavy atom. The van der Waals surface area contributed by atoms with Crippen molar-refractivity contribution in [3.8, 4) is 29.1 Å². The maximum absolute atomic E-state index is 14.7. The van der Waals surface area contributed by atoms with Crippen LogP contribution in [0, 0.1) is 34.2 Å². The van der Waals surface area contributed by atoms with E-state index in [-0.39, 0.29) is 128 Å². The van der Waals surface area contributed by atoms with E-state index in [1.165, 1.54) is 67.9 Å². The quantitative estimate of drug-likeness (QED) is 0.00607. The number of thioether (sulfide) groups is 1. The van der Waals surface area contributed by atoms with Gasteiger partial charge in [-0.3, -0.25) is 43.2 Å². The minimum atomic E-state index is -2.25. The van der Waals surface area contributed by atoms with Gasteiger partial charge in [-0.25, -0.2) is 9.59 Å². The Bertz CT molecular complexity index is 4810. The largest absolute Gasteiger partial charge is 0.492 e. The number of ether oxygens (including phenoxy) is 13. The molecule has 0 aromatic heterocycles. The summed E-state index contributed by atoms with van der Waals surface area (Å²) in [4.78, 5) is 144. The zero-order chi connectivity index (χ0) is 102. The number of nitrogens with one attached hydrogen (secondary N) is 8. The minimum Gasteiger partial charge on any atom is -0.492 e. The van der Waals surface area contributed by atoms with Crippen LogP contribution in [0.25, 0.3) is 0 Å². The molecule has 15 N–H and O–H groups in total. The fourth-order valence-electron chi connectivity index (χ4n) is 15.9. The molecular formula is C95H132IN9O31S3. The molecule has 4 saturated heterocycles. The number of Topliss-reactive ketones (excluding diaryl/α,β-unsaturated/α-hetero) is 1. The van der Waals surface area contributed by atoms with Crippen molar-refractivity contribution in [1.82, 2.24) is 37.0 Å². The molecule has 1 aliphatic carbocycles. The summed E-state index contributed by atoms with van der Waals surface area (Å²) in [5.41, 5.74) is 2.49. The third-order valence-electron chi connectivity index (χ3n) is 23.4. The Morgan fingerprint density at radius 2 is 1.41 bits per heavy atom. The molecule has 0 spiro atoms. The number of carbonyl (C=O) groups is 10. The van der Waals surface area contributed by atoms with Gasteiger partial charge >= 0.3 is 12.2 Å². The van der Waals surface area contributed by atoms with Gasteiger partial charge in [-0.15, -0.1) is 0 Å². The number of likely N-dealkylation sites (N-methyl/N-ethyl adjacent to an activating group) is 1. The third-order valence-corrected chi connectivity index (χ3v) is 28.9. The second kappa shape index (κ2) is 56.7. The standard InChI is InChI=1S/C95H132IN9O31S3/c1-17-19-27-40-95(122)43-65(109)77(103-94(121)127-16)73(62(95)39-41-137-139-51(5)33-38-67(110)97-44-61(107)46-106)54(8)131-92-85(79(115)76(55(9)132-92)104-136-71-42-64(108)87(57(11)130-71)138-90(119)72-52(6)74(96)83(86(126-15)82(72)124-13)135-91-80(116)84(125-14)78(114)56(10)133-91)134-66-49-128-48-63(81(66)123-12)105(18-2)70(113)45-98-93(120)129-47-58-34-36-60(37-35-58)101-88(117)53(7)99-89(118)75(50(3)4)102-69(112)32-28-31-68(111)100-59-29-25-23-21-20-22-24-26-30-59/h17,19-26,29-30,34-37,39,50-51,53,55-57,61,63-64,66,71,73,75-81,84-85,87,91-92,104,106-108,114-116,122H,8,18,28,31-33,38,41-49H2,1-7,9-16H3,(H,97,110)(H,98,120)(H,99,118)(H,100,111)(H,101,117)(H,102,112)(H,103,121)/b19-17-,21-20?,22-20?,23-21?,24-22?,25-23?,26-24?,29-25?,30-26?,59-29?,59-30?,62-39+/t51?,53-,55?,56?,57?,61?,63?,64?,66?,71?,73?,75-,76?,77?,78?,79?,80?,81?,84?,85?,87?,91?,92?,95-/m0/s1. The lowest BCUT2D eigenvalue weighted by atomic mass is 9.69. The molecule has 21 unspecified atom stereocenters. The number of ketones is 1. The molecule has 4 heterocycles. The van der Waals surface area contributed by atoms with Gasteiger partial charge in [0.15, 0.2) is 29.2 Å². The molecule has 3 aromatic carbocycles. The summed E-state index contributed by atoms with van der Waals surface area (Å²) >= 11 is 2.73. The Hall–Kier alpha value is -9.04. The lowest BCUT2D eigenvalue weighted by Gasteiger charge is -2.48. The second-order valence-corrected chi connectivity index (χ2v) is 39.0. The maximum Gasteiger partial charge on any atom is 0.407 e. The van der Waals surface area contributed by atoms with Crippen LogP contribution in [0.3, 0.4) is 0 Å². The van der Waals surface area contributed by atoms with E-state index >= 15 is 0 Å². The predicted molar refractivity (Wildman–Crippen MR) is 523 cm³/mol. The Balaban J connectivity index is 0.963. The highest BCUT2D eigenvalue weighted by molar-refractivity contribution is 14.1. The van der Waals surface area contributed by atoms with E-state index in [9.17, 15) is 83.7 Å². The van der Waals surface area contributed by atoms with Gasteiger partial charge in [0.25, 0.3) is 0 Å². The third kappa shape index (κ3) is 32.7. The summed E-state index contributed by atoms with van der Waals surface area (Å²) < 4.78 is 79.1. The number of methoxy groups -OCH3 is 5. The first kappa shape index (κ1) is 115. The molecule has 0 bridgehead atoms. The smallest absolute Gasteiger partial charge is 0.407 e. The summed E-state index contributed by atoms with van der Waals surface area (Å²) in [6.45, 7) is 19.0. The first-order valence-electron chi connectivity index (χ1n) is 45.5. The van der Waals surface area contributed by atoms with Crippen molar-refractivity contribution >= 4 is 126 Å². The number of aliphatic hydroxyl groups excluding tert-OH is 6. The summed E-state index contributed by atoms with van der Waals surface area (Å²) in [6.07, 6.45) is -16.8. The van der Waals surface area contributed by atoms with Crippen molar-refractivity contribution in [2.75, 3.05) is 91.4 Å². The molecule has 5 fully saturated rings. The van der Waals surface area contributed by atoms with Gasteiger partial charge in [0.2, 0.25) is 58.9 Å². The number of hydroxylamine groups is 1. The molecule has 3 aromatic rings. The van der Waals surface area contributed by atoms with Crippen molar-refractivity contribution in [2.24, 2.45) is 11.8 Å². The average molecular weight is 2120 g/mol. The van der Waals surface area contributed by atoms with Gasteiger partial charge < -0.3 is 139 Å². The van der Waals surface area contributed by atoms with Gasteiger partial charge in [-0.1, -0.05) is 139 Å². The van der Waals surface area contributed by atoms with E-state index in [4.69, 9.17) is 66.4 Å². The highest BCUT2D eigenvalue weighted by Gasteiger charge is 2.55. The lowest BCUT2D eigenvalue weighted by Crippen LogP contribution is -2.66. The van der Waals surface area contributed by atoms with Crippen molar-refractivity contribution < 1.29 is 150 Å². The van der Waals surface area contributed by atoms with Gasteiger partial charge in [0.1, 0.15) is 79.8 Å². The van der Waals surface area contributed by atoms with Crippen LogP contribution < -0.4 is 56.9 Å². The van der Waals surface area contributed by atoms with Gasteiger partial charge in [0, 0.05) is 75.4 Å². The number of rotatable bonds is 44. The topological polar surface area (TPSA) is 541 Å². The summed E-state index contributed by atoms with van der Waals surface area (Å²) in [5.74, 6) is -0.0632. The molecule has 4 aliphatic heterocycles. The molecule has 44 heteroatoms. The van der Waals surface area contributed by atoms with Crippen molar-refractivity contribution in [3.63, 3.8) is 0 Å². The molecule has 1 saturated carbocycles. The fraction of sp³-hybridized carbons (Fsp3) is 0.579. The molecule has 8 amide bonds. The molecule has 0 radical (unpaired) electrons. The summed E-state index contributed by atoms with van der Waals surface area (Å²) in [5, 5.41) is 95.6. The number of carbonyl (C=O) groups excluding carboxylic acids is 10. The van der Waals surface area contributed by atoms with E-state index in [2.05, 4.69) is 61.1 Å². The van der Waals surface area contributed by atoms with E-state index < -0.39 is 205 Å². The monoisotopic (exact) mass is 2120 g/mol. The molecule has 5 aliphatic rings. The first-order chi connectivity index (χ1) is 66.3. The minimum absolute atomic E-state index is 0.0171. The number of aliphatic hydroxyl groups is 7. The molecular weight excluding hydrogens is 1990 g/mol. The predicted octanol–water partition coefficient (Wildman–Crippen LogP) is 5.77. The summed E-state index contributed by atoms with van der Waals surface area (Å²) in [7, 11) is 9.15. The first-order valence-corrected chi connectivity index (χ1v) is 49.8. The SMILES string of the molecule is C=C(OC1OC(C)C(NOC2CC(O)C(SC(=O)c3c(C)c(I)c(OC4OC(C)C(O)C(OC)C4O)c(OC)c3OC)C(C)O2)C(O)C1OC1COCC(N(CC)C(=O)CNC(=O)OCc2ccc(NC(=O)[C@H](C)NC(=O)[C@@H](NC(=O)CCCC(=O)Nc3ccccccccc3)C(C)C)cc2)C1OC)C1/C(=C\CSSC(C)CCC(=O)NCC(O)CO)[C@](O)(C#C/C=C\C)CC(=O)C1NC(=O)OC. The number of alkyl carbamates (subject to hydrolysis) is 2. The number of hydrogen-bond donors (Lipinski definition) is 15. The molecule has 8 rings (SSSR count). The van der Waals surface area contributed by atoms with Crippen LogP contribution in [0.2, 0.25) is 0 Å². The van der Waals surface area contributed by atoms with Gasteiger partial charge in [0.05, 0.1) is 110 Å². The fourth-order valence-corrected chi connectivity index (χ4v) is 19.9. The zero-order valence-corrected chi connectivity index (χ0v) is 85.0. The van der Waals surface area contributed by atoms with Crippen LogP contribution in [0.4, 0.5) is 21.0 Å². The average Bonchev–Trinajstić information content (AvgIpc) is 0.754. The normalized spacial score (nSPS) is 26.8. The highest BCUT2D eigenvalue weighted by Crippen LogP contribution is 2.50. The number of allylic oxidation sites excluding steroid dienone is 2. The molecule has 139 heavy (non-hydrogen) atoms. The van der Waals surface area contributed by atoms with E-state index in [0.717, 1.165) is 18.9 Å². The number of hydrogen-bond acceptors (Lipinski definition) is 35. The van der Waals surface area contributed by atoms with Crippen molar-refractivity contribution in [3.05, 3.63) is 135 Å². The van der Waals surface area contributed by atoms with E-state index in [0.29, 0.717) is 32.5 Å². The lowest BCUT2D eigenvalue weighted by molar-refractivity contribution is -0.315. The van der Waals surface area contributed by atoms with Gasteiger partial charge in [-0.2, -0.15) is 5.48 Å². The van der Waals surface area contributed by atoms with Crippen LogP contribution in [-0.2, 0) is 92.4 Å². The number of nitrogens with zero attached hydrogens (tertiary/aromatic N) is 1. The van der Waals surface area contributed by atoms with E-state index in [1.807, 2.05) is 59.8 Å². The van der Waals surface area contributed by atoms with E-state index in [1.54, 1.807) is 116 Å². The number of halogens is 1. The Labute approximate surface area is 834 Å². The molecule has 24 atom stereocenters. The number of benzene rings is 2. The van der Waals surface area contributed by atoms with Crippen LogP contribution in [0.5, 0.6) is 17.2 Å². The molecule has 768 valence electrons. The molecule has 40 nitrogen and oxygen atoms in total. The second-order valence-electron chi connectivity index (χ2n) is 33.9. The van der Waals surface area contributed by atoms with Crippen LogP contribution in [-0.4, -0.2) is 318 Å². The number of amides is 8. The maximum atomic E-state index is 14.7. The zero-order valence-electron chi connectivity index (χ0n) is 80.4.